The zero-order chi connectivity index (χ0) is 35.7. The molecule has 1 saturated heterocycles. The lowest BCUT2D eigenvalue weighted by Crippen LogP contribution is -2.34. The molecule has 3 atom stereocenters. The molecule has 7 aromatic carbocycles. The van der Waals surface area contributed by atoms with Crippen molar-refractivity contribution in [3.05, 3.63) is 214 Å². The normalized spacial score (nSPS) is 19.4. The van der Waals surface area contributed by atoms with Crippen LogP contribution in [0.1, 0.15) is 44.4 Å². The van der Waals surface area contributed by atoms with Gasteiger partial charge in [-0.25, -0.2) is 4.98 Å². The number of benzene rings is 7. The number of ketones is 1. The number of Topliss-reactive ketones (excluding diaryl/α,β-unsaturated/α-hetero) is 1. The Morgan fingerprint density at radius 3 is 2.28 bits per heavy atom. The fourth-order valence-corrected chi connectivity index (χ4v) is 8.31. The average Bonchev–Trinajstić information content (AvgIpc) is 3.75. The van der Waals surface area contributed by atoms with Crippen molar-refractivity contribution in [1.29, 1.82) is 0 Å². The van der Waals surface area contributed by atoms with E-state index in [4.69, 9.17) is 14.5 Å². The Bertz CT molecular complexity index is 2860. The summed E-state index contributed by atoms with van der Waals surface area (Å²) in [7, 11) is 0. The molecular weight excluding hydrogens is 657 g/mol. The zero-order valence-electron chi connectivity index (χ0n) is 28.6. The Hall–Kier alpha value is -6.47. The van der Waals surface area contributed by atoms with Crippen molar-refractivity contribution < 1.29 is 14.3 Å². The highest BCUT2D eigenvalue weighted by Gasteiger charge is 2.59. The summed E-state index contributed by atoms with van der Waals surface area (Å²) < 4.78 is 15.5. The molecule has 8 aromatic rings. The van der Waals surface area contributed by atoms with E-state index in [0.717, 1.165) is 32.7 Å². The summed E-state index contributed by atoms with van der Waals surface area (Å²) in [5.41, 5.74) is 3.27. The van der Waals surface area contributed by atoms with Crippen molar-refractivity contribution in [2.75, 3.05) is 6.61 Å². The molecule has 10 rings (SSSR count). The first-order valence-corrected chi connectivity index (χ1v) is 17.7. The smallest absolute Gasteiger partial charge is 0.266 e. The van der Waals surface area contributed by atoms with Gasteiger partial charge in [-0.15, -0.1) is 0 Å². The summed E-state index contributed by atoms with van der Waals surface area (Å²) in [6, 6.07) is 50.8. The summed E-state index contributed by atoms with van der Waals surface area (Å²) in [6.07, 6.45) is 1.78. The van der Waals surface area contributed by atoms with Gasteiger partial charge in [0.1, 0.15) is 5.60 Å². The number of aromatic nitrogens is 2. The van der Waals surface area contributed by atoms with Crippen LogP contribution in [0.15, 0.2) is 175 Å². The molecule has 0 saturated carbocycles. The van der Waals surface area contributed by atoms with Crippen molar-refractivity contribution in [2.45, 2.75) is 17.3 Å². The van der Waals surface area contributed by atoms with Crippen molar-refractivity contribution in [3.63, 3.8) is 0 Å². The van der Waals surface area contributed by atoms with Gasteiger partial charge in [-0.05, 0) is 56.4 Å². The van der Waals surface area contributed by atoms with Crippen molar-refractivity contribution >= 4 is 38.2 Å². The van der Waals surface area contributed by atoms with Crippen molar-refractivity contribution in [1.82, 2.24) is 9.55 Å². The maximum atomic E-state index is 15.2. The standard InChI is InChI=1S/C47H32N2O4/c1-2-46(34-27-26-30-14-6-7-18-33(30)28-34)29-52-47(53-46)38-23-10-11-25-40(38)49-44(51)42-37(22-13-24-39(42)48-45(47)49)41(43(50)32-16-4-3-5-17-32)36-21-12-19-31-15-8-9-20-35(31)36/h2-28,41H,1,29H2. The minimum atomic E-state index is -1.49. The lowest BCUT2D eigenvalue weighted by molar-refractivity contribution is -0.159. The highest BCUT2D eigenvalue weighted by Crippen LogP contribution is 2.53. The average molecular weight is 689 g/mol. The Balaban J connectivity index is 1.20. The van der Waals surface area contributed by atoms with Gasteiger partial charge in [0.05, 0.1) is 29.1 Å². The van der Waals surface area contributed by atoms with E-state index in [2.05, 4.69) is 30.8 Å². The van der Waals surface area contributed by atoms with Gasteiger partial charge in [-0.3, -0.25) is 14.2 Å². The summed E-state index contributed by atoms with van der Waals surface area (Å²) >= 11 is 0. The molecule has 1 spiro atoms. The molecule has 254 valence electrons. The minimum absolute atomic E-state index is 0.107. The van der Waals surface area contributed by atoms with Gasteiger partial charge >= 0.3 is 0 Å². The largest absolute Gasteiger partial charge is 0.336 e. The summed E-state index contributed by atoms with van der Waals surface area (Å²) in [6.45, 7) is 4.36. The van der Waals surface area contributed by atoms with Gasteiger partial charge < -0.3 is 9.47 Å². The monoisotopic (exact) mass is 688 g/mol. The molecule has 53 heavy (non-hydrogen) atoms. The Morgan fingerprint density at radius 2 is 1.43 bits per heavy atom. The minimum Gasteiger partial charge on any atom is -0.336 e. The number of hydrogen-bond donors (Lipinski definition) is 0. The molecule has 0 radical (unpaired) electrons. The number of nitrogens with zero attached hydrogens (tertiary/aromatic N) is 2. The van der Waals surface area contributed by atoms with Crippen LogP contribution in [0, 0.1) is 0 Å². The Kier molecular flexibility index (Phi) is 6.95. The molecule has 6 nitrogen and oxygen atoms in total. The van der Waals surface area contributed by atoms with Gasteiger partial charge in [-0.2, -0.15) is 0 Å². The Morgan fingerprint density at radius 1 is 0.736 bits per heavy atom. The lowest BCUT2D eigenvalue weighted by Gasteiger charge is -2.29. The van der Waals surface area contributed by atoms with E-state index in [0.29, 0.717) is 39.1 Å². The number of hydrogen-bond acceptors (Lipinski definition) is 5. The maximum Gasteiger partial charge on any atom is 0.266 e. The second-order valence-corrected chi connectivity index (χ2v) is 13.7. The zero-order valence-corrected chi connectivity index (χ0v) is 28.6. The maximum absolute atomic E-state index is 15.2. The molecule has 1 aromatic heterocycles. The molecular formula is C47H32N2O4. The molecule has 2 aliphatic rings. The van der Waals surface area contributed by atoms with Crippen LogP contribution in [-0.4, -0.2) is 21.9 Å². The van der Waals surface area contributed by atoms with Crippen LogP contribution in [0.25, 0.3) is 38.1 Å². The first-order chi connectivity index (χ1) is 26.0. The van der Waals surface area contributed by atoms with Crippen LogP contribution < -0.4 is 5.56 Å². The second-order valence-electron chi connectivity index (χ2n) is 13.7. The van der Waals surface area contributed by atoms with Crippen LogP contribution in [-0.2, 0) is 20.9 Å². The first kappa shape index (κ1) is 31.3. The van der Waals surface area contributed by atoms with E-state index in [1.807, 2.05) is 133 Å². The first-order valence-electron chi connectivity index (χ1n) is 17.7. The summed E-state index contributed by atoms with van der Waals surface area (Å²) in [5.74, 6) is -2.06. The number of carbonyl (C=O) groups is 1. The van der Waals surface area contributed by atoms with Crippen LogP contribution in [0.5, 0.6) is 0 Å². The third-order valence-corrected chi connectivity index (χ3v) is 10.9. The van der Waals surface area contributed by atoms with Gasteiger partial charge in [0.2, 0.25) is 0 Å². The highest BCUT2D eigenvalue weighted by molar-refractivity contribution is 6.07. The van der Waals surface area contributed by atoms with E-state index < -0.39 is 17.3 Å². The molecule has 0 N–H and O–H groups in total. The van der Waals surface area contributed by atoms with Crippen LogP contribution in [0.2, 0.25) is 0 Å². The number of para-hydroxylation sites is 1. The predicted octanol–water partition coefficient (Wildman–Crippen LogP) is 9.35. The molecule has 6 heteroatoms. The van der Waals surface area contributed by atoms with Gasteiger partial charge in [0, 0.05) is 11.1 Å². The number of carbonyl (C=O) groups excluding carboxylic acids is 1. The predicted molar refractivity (Wildman–Crippen MR) is 208 cm³/mol. The van der Waals surface area contributed by atoms with Crippen molar-refractivity contribution in [3.8, 4) is 5.69 Å². The molecule has 3 heterocycles. The summed E-state index contributed by atoms with van der Waals surface area (Å²) in [5, 5.41) is 4.51. The third-order valence-electron chi connectivity index (χ3n) is 10.9. The van der Waals surface area contributed by atoms with Gasteiger partial charge in [-0.1, -0.05) is 152 Å². The van der Waals surface area contributed by atoms with E-state index in [9.17, 15) is 4.79 Å². The van der Waals surface area contributed by atoms with E-state index in [1.165, 1.54) is 0 Å². The lowest BCUT2D eigenvalue weighted by atomic mass is 9.81. The number of rotatable bonds is 6. The van der Waals surface area contributed by atoms with Crippen molar-refractivity contribution in [2.24, 2.45) is 0 Å². The highest BCUT2D eigenvalue weighted by atomic mass is 16.8. The number of fused-ring (bicyclic) bond motifs is 8. The SMILES string of the molecule is C=CC1(c2ccc3ccccc3c2)COC2(O1)c1ccccc1-n1c2nc2cccc(C(C(=O)c3ccccc3)c3cccc4ccccc34)c2c1=O. The quantitative estimate of drug-likeness (QED) is 0.129. The molecule has 3 unspecified atom stereocenters. The topological polar surface area (TPSA) is 70.4 Å². The van der Waals surface area contributed by atoms with Gasteiger partial charge in [0.25, 0.3) is 11.3 Å². The molecule has 0 bridgehead atoms. The van der Waals surface area contributed by atoms with Crippen LogP contribution >= 0.6 is 0 Å². The van der Waals surface area contributed by atoms with Crippen LogP contribution in [0.4, 0.5) is 0 Å². The number of ether oxygens (including phenoxy) is 2. The second kappa shape index (κ2) is 11.8. The fraction of sp³-hybridized carbons (Fsp3) is 0.0851. The molecule has 0 amide bonds. The van der Waals surface area contributed by atoms with E-state index in [1.54, 1.807) is 10.6 Å². The van der Waals surface area contributed by atoms with Crippen LogP contribution in [0.3, 0.4) is 0 Å². The molecule has 0 aliphatic carbocycles. The summed E-state index contributed by atoms with van der Waals surface area (Å²) in [4.78, 5) is 35.2. The fourth-order valence-electron chi connectivity index (χ4n) is 8.31. The molecule has 2 aliphatic heterocycles. The van der Waals surface area contributed by atoms with E-state index >= 15 is 4.79 Å². The third kappa shape index (κ3) is 4.56. The molecule has 1 fully saturated rings. The van der Waals surface area contributed by atoms with E-state index in [-0.39, 0.29) is 17.9 Å². The van der Waals surface area contributed by atoms with Gasteiger partial charge in [0.15, 0.2) is 11.6 Å². The Labute approximate surface area is 305 Å².